The van der Waals surface area contributed by atoms with E-state index in [4.69, 9.17) is 0 Å². The van der Waals surface area contributed by atoms with Crippen LogP contribution in [0.3, 0.4) is 0 Å². The second-order valence-corrected chi connectivity index (χ2v) is 6.52. The molecule has 0 aliphatic heterocycles. The Morgan fingerprint density at radius 3 is 2.70 bits per heavy atom. The molecule has 0 bridgehead atoms. The zero-order chi connectivity index (χ0) is 19.2. The molecule has 0 spiro atoms. The molecule has 3 N–H and O–H groups in total. The number of H-pyrrole nitrogens is 1. The smallest absolute Gasteiger partial charge is 0.271 e. The lowest BCUT2D eigenvalue weighted by Crippen LogP contribution is -2.35. The van der Waals surface area contributed by atoms with Crippen LogP contribution >= 0.6 is 0 Å². The van der Waals surface area contributed by atoms with Crippen molar-refractivity contribution in [3.8, 4) is 0 Å². The van der Waals surface area contributed by atoms with E-state index in [2.05, 4.69) is 30.6 Å². The van der Waals surface area contributed by atoms with E-state index in [0.29, 0.717) is 0 Å². The van der Waals surface area contributed by atoms with Gasteiger partial charge in [-0.05, 0) is 18.1 Å². The van der Waals surface area contributed by atoms with Gasteiger partial charge in [0.25, 0.3) is 5.91 Å². The van der Waals surface area contributed by atoms with E-state index in [-0.39, 0.29) is 42.4 Å². The highest BCUT2D eigenvalue weighted by atomic mass is 16.2. The summed E-state index contributed by atoms with van der Waals surface area (Å²) in [4.78, 5) is 39.9. The number of fused-ring (bicyclic) bond motifs is 1. The van der Waals surface area contributed by atoms with E-state index in [1.54, 1.807) is 0 Å². The lowest BCUT2D eigenvalue weighted by Gasteiger charge is -2.20. The van der Waals surface area contributed by atoms with Gasteiger partial charge in [-0.25, -0.2) is 9.97 Å². The van der Waals surface area contributed by atoms with E-state index < -0.39 is 0 Å². The number of hydrogen-bond donors (Lipinski definition) is 3. The molecule has 3 aromatic rings. The molecule has 0 fully saturated rings. The number of amides is 2. The first-order valence-corrected chi connectivity index (χ1v) is 8.83. The van der Waals surface area contributed by atoms with Crippen LogP contribution in [0.25, 0.3) is 11.0 Å². The van der Waals surface area contributed by atoms with Crippen LogP contribution in [0.5, 0.6) is 0 Å². The Morgan fingerprint density at radius 2 is 2.00 bits per heavy atom. The van der Waals surface area contributed by atoms with Crippen molar-refractivity contribution in [2.45, 2.75) is 26.3 Å². The number of nitrogens with one attached hydrogen (secondary N) is 3. The number of carbonyl (C=O) groups excluding carboxylic acids is 2. The molecular weight excluding hydrogens is 344 g/mol. The van der Waals surface area contributed by atoms with Gasteiger partial charge in [0, 0.05) is 25.4 Å². The fourth-order valence-electron chi connectivity index (χ4n) is 2.71. The molecule has 2 aromatic heterocycles. The van der Waals surface area contributed by atoms with Gasteiger partial charge in [-0.2, -0.15) is 0 Å². The minimum atomic E-state index is -0.353. The standard InChI is InChI=1S/C19H22N6O2/c1-12(2)17(18-23-13-5-3-4-6-14(13)24-18)25-16(26)7-8-22-19(27)15-11-20-9-10-21-15/h3-6,9-12,17H,7-8H2,1-2H3,(H,22,27)(H,23,24)(H,25,26). The summed E-state index contributed by atoms with van der Waals surface area (Å²) in [5.41, 5.74) is 2.02. The second-order valence-electron chi connectivity index (χ2n) is 6.52. The summed E-state index contributed by atoms with van der Waals surface area (Å²) >= 11 is 0. The lowest BCUT2D eigenvalue weighted by molar-refractivity contribution is -0.122. The summed E-state index contributed by atoms with van der Waals surface area (Å²) in [6.07, 6.45) is 4.48. The summed E-state index contributed by atoms with van der Waals surface area (Å²) in [5, 5.41) is 5.66. The molecule has 0 saturated heterocycles. The Balaban J connectivity index is 1.56. The highest BCUT2D eigenvalue weighted by molar-refractivity contribution is 5.92. The van der Waals surface area contributed by atoms with Crippen molar-refractivity contribution < 1.29 is 9.59 Å². The van der Waals surface area contributed by atoms with Crippen LogP contribution in [0.2, 0.25) is 0 Å². The summed E-state index contributed by atoms with van der Waals surface area (Å²) in [7, 11) is 0. The number of carbonyl (C=O) groups is 2. The Labute approximate surface area is 156 Å². The second kappa shape index (κ2) is 8.39. The number of nitrogens with zero attached hydrogens (tertiary/aromatic N) is 3. The SMILES string of the molecule is CC(C)C(NC(=O)CCNC(=O)c1cnccn1)c1nc2ccccc2[nH]1. The fraction of sp³-hybridized carbons (Fsp3) is 0.316. The van der Waals surface area contributed by atoms with Crippen molar-refractivity contribution in [3.05, 3.63) is 54.4 Å². The molecule has 0 aliphatic carbocycles. The monoisotopic (exact) mass is 366 g/mol. The van der Waals surface area contributed by atoms with E-state index in [1.165, 1.54) is 18.6 Å². The van der Waals surface area contributed by atoms with Gasteiger partial charge in [0.1, 0.15) is 11.5 Å². The molecule has 0 aliphatic rings. The molecule has 1 aromatic carbocycles. The van der Waals surface area contributed by atoms with Crippen molar-refractivity contribution in [1.82, 2.24) is 30.6 Å². The van der Waals surface area contributed by atoms with E-state index in [9.17, 15) is 9.59 Å². The van der Waals surface area contributed by atoms with Crippen LogP contribution in [-0.2, 0) is 4.79 Å². The number of aromatic nitrogens is 4. The summed E-state index contributed by atoms with van der Waals surface area (Å²) in [6, 6.07) is 7.51. The Kier molecular flexibility index (Phi) is 5.75. The highest BCUT2D eigenvalue weighted by Gasteiger charge is 2.21. The van der Waals surface area contributed by atoms with E-state index in [0.717, 1.165) is 16.9 Å². The molecule has 2 heterocycles. The van der Waals surface area contributed by atoms with Gasteiger partial charge in [0.15, 0.2) is 0 Å². The average Bonchev–Trinajstić information content (AvgIpc) is 3.10. The summed E-state index contributed by atoms with van der Waals surface area (Å²) in [6.45, 7) is 4.26. The fourth-order valence-corrected chi connectivity index (χ4v) is 2.71. The van der Waals surface area contributed by atoms with Crippen LogP contribution in [0.4, 0.5) is 0 Å². The summed E-state index contributed by atoms with van der Waals surface area (Å²) in [5.74, 6) is 0.369. The number of benzene rings is 1. The number of hydrogen-bond acceptors (Lipinski definition) is 5. The van der Waals surface area contributed by atoms with Gasteiger partial charge < -0.3 is 15.6 Å². The number of imidazole rings is 1. The maximum absolute atomic E-state index is 12.3. The molecule has 2 amide bonds. The number of rotatable bonds is 7. The van der Waals surface area contributed by atoms with Crippen molar-refractivity contribution >= 4 is 22.8 Å². The zero-order valence-electron chi connectivity index (χ0n) is 15.3. The van der Waals surface area contributed by atoms with Gasteiger partial charge in [-0.3, -0.25) is 14.6 Å². The lowest BCUT2D eigenvalue weighted by atomic mass is 10.0. The topological polar surface area (TPSA) is 113 Å². The maximum Gasteiger partial charge on any atom is 0.271 e. The molecule has 1 unspecified atom stereocenters. The van der Waals surface area contributed by atoms with Gasteiger partial charge in [0.05, 0.1) is 23.3 Å². The number of aromatic amines is 1. The molecule has 0 radical (unpaired) electrons. The van der Waals surface area contributed by atoms with Crippen LogP contribution in [-0.4, -0.2) is 38.3 Å². The van der Waals surface area contributed by atoms with Crippen LogP contribution in [0.1, 0.15) is 42.6 Å². The zero-order valence-corrected chi connectivity index (χ0v) is 15.3. The van der Waals surface area contributed by atoms with Crippen molar-refractivity contribution in [2.24, 2.45) is 5.92 Å². The van der Waals surface area contributed by atoms with Gasteiger partial charge in [-0.1, -0.05) is 26.0 Å². The molecule has 8 heteroatoms. The Hall–Kier alpha value is -3.29. The third-order valence-electron chi connectivity index (χ3n) is 4.12. The van der Waals surface area contributed by atoms with Crippen LogP contribution in [0, 0.1) is 5.92 Å². The normalized spacial score (nSPS) is 12.1. The average molecular weight is 366 g/mol. The van der Waals surface area contributed by atoms with Gasteiger partial charge >= 0.3 is 0 Å². The molecule has 140 valence electrons. The third-order valence-corrected chi connectivity index (χ3v) is 4.12. The quantitative estimate of drug-likeness (QED) is 0.592. The van der Waals surface area contributed by atoms with Crippen molar-refractivity contribution in [2.75, 3.05) is 6.54 Å². The minimum Gasteiger partial charge on any atom is -0.350 e. The first-order valence-electron chi connectivity index (χ1n) is 8.83. The van der Waals surface area contributed by atoms with Crippen LogP contribution in [0.15, 0.2) is 42.9 Å². The van der Waals surface area contributed by atoms with E-state index >= 15 is 0 Å². The van der Waals surface area contributed by atoms with Crippen molar-refractivity contribution in [3.63, 3.8) is 0 Å². The molecule has 27 heavy (non-hydrogen) atoms. The maximum atomic E-state index is 12.3. The summed E-state index contributed by atoms with van der Waals surface area (Å²) < 4.78 is 0. The van der Waals surface area contributed by atoms with Crippen LogP contribution < -0.4 is 10.6 Å². The Bertz CT molecular complexity index is 889. The molecule has 3 rings (SSSR count). The third kappa shape index (κ3) is 4.66. The molecule has 0 saturated carbocycles. The van der Waals surface area contributed by atoms with Gasteiger partial charge in [0.2, 0.25) is 5.91 Å². The predicted molar refractivity (Wildman–Crippen MR) is 101 cm³/mol. The first-order chi connectivity index (χ1) is 13.0. The molecular formula is C19H22N6O2. The van der Waals surface area contributed by atoms with E-state index in [1.807, 2.05) is 38.1 Å². The van der Waals surface area contributed by atoms with Gasteiger partial charge in [-0.15, -0.1) is 0 Å². The largest absolute Gasteiger partial charge is 0.350 e. The molecule has 1 atom stereocenters. The first kappa shape index (κ1) is 18.5. The molecule has 8 nitrogen and oxygen atoms in total. The minimum absolute atomic E-state index is 0.156. The highest BCUT2D eigenvalue weighted by Crippen LogP contribution is 2.22. The Morgan fingerprint density at radius 1 is 1.19 bits per heavy atom. The number of para-hydroxylation sites is 2. The van der Waals surface area contributed by atoms with Crippen molar-refractivity contribution in [1.29, 1.82) is 0 Å². The predicted octanol–water partition coefficient (Wildman–Crippen LogP) is 1.99.